The summed E-state index contributed by atoms with van der Waals surface area (Å²) in [6, 6.07) is -0.0970. The predicted molar refractivity (Wildman–Crippen MR) is 66.1 cm³/mol. The molecule has 1 aliphatic heterocycles. The number of hydrogen-bond donors (Lipinski definition) is 1. The third-order valence-corrected chi connectivity index (χ3v) is 5.14. The summed E-state index contributed by atoms with van der Waals surface area (Å²) in [5.74, 6) is 1.00. The van der Waals surface area contributed by atoms with Gasteiger partial charge in [0.05, 0.1) is 11.8 Å². The summed E-state index contributed by atoms with van der Waals surface area (Å²) in [7, 11) is -3.12. The molecule has 2 heterocycles. The van der Waals surface area contributed by atoms with Crippen molar-refractivity contribution in [2.75, 3.05) is 12.3 Å². The van der Waals surface area contributed by atoms with E-state index in [0.29, 0.717) is 13.0 Å². The lowest BCUT2D eigenvalue weighted by molar-refractivity contribution is 0.384. The maximum Gasteiger partial charge on any atom is 0.214 e. The van der Waals surface area contributed by atoms with Crippen molar-refractivity contribution in [1.82, 2.24) is 14.3 Å². The van der Waals surface area contributed by atoms with E-state index in [4.69, 9.17) is 0 Å². The molecule has 1 saturated heterocycles. The molecule has 1 fully saturated rings. The van der Waals surface area contributed by atoms with Gasteiger partial charge in [-0.05, 0) is 26.2 Å². The number of aromatic amines is 1. The van der Waals surface area contributed by atoms with Crippen molar-refractivity contribution in [3.05, 3.63) is 17.7 Å². The maximum absolute atomic E-state index is 12.1. The van der Waals surface area contributed by atoms with Crippen molar-refractivity contribution in [1.29, 1.82) is 0 Å². The van der Waals surface area contributed by atoms with E-state index in [1.165, 1.54) is 0 Å². The largest absolute Gasteiger partial charge is 0.345 e. The standard InChI is InChI=1S/C11H19N3O2S/c1-3-7-17(15,16)14-6-4-5-10(14)11-12-8-9(2)13-11/h8,10H,3-7H2,1-2H3,(H,12,13)/t10-/m0/s1. The number of nitrogens with one attached hydrogen (secondary N) is 1. The summed E-state index contributed by atoms with van der Waals surface area (Å²) >= 11 is 0. The van der Waals surface area contributed by atoms with Crippen molar-refractivity contribution in [3.8, 4) is 0 Å². The van der Waals surface area contributed by atoms with E-state index in [0.717, 1.165) is 24.4 Å². The van der Waals surface area contributed by atoms with Crippen LogP contribution in [-0.4, -0.2) is 35.0 Å². The zero-order valence-corrected chi connectivity index (χ0v) is 11.1. The van der Waals surface area contributed by atoms with Gasteiger partial charge < -0.3 is 4.98 Å². The van der Waals surface area contributed by atoms with Crippen LogP contribution in [0.3, 0.4) is 0 Å². The molecular weight excluding hydrogens is 238 g/mol. The number of imidazole rings is 1. The first-order valence-corrected chi connectivity index (χ1v) is 7.66. The van der Waals surface area contributed by atoms with Crippen LogP contribution in [0.5, 0.6) is 0 Å². The van der Waals surface area contributed by atoms with Gasteiger partial charge in [0.1, 0.15) is 5.82 Å². The van der Waals surface area contributed by atoms with Crippen LogP contribution < -0.4 is 0 Å². The highest BCUT2D eigenvalue weighted by molar-refractivity contribution is 7.89. The van der Waals surface area contributed by atoms with Gasteiger partial charge in [-0.3, -0.25) is 0 Å². The monoisotopic (exact) mass is 257 g/mol. The second-order valence-electron chi connectivity index (χ2n) is 4.54. The van der Waals surface area contributed by atoms with Gasteiger partial charge in [-0.25, -0.2) is 13.4 Å². The topological polar surface area (TPSA) is 66.1 Å². The third-order valence-electron chi connectivity index (χ3n) is 3.06. The highest BCUT2D eigenvalue weighted by Crippen LogP contribution is 2.32. The van der Waals surface area contributed by atoms with E-state index in [9.17, 15) is 8.42 Å². The zero-order chi connectivity index (χ0) is 12.5. The summed E-state index contributed by atoms with van der Waals surface area (Å²) in [6.07, 6.45) is 4.17. The fourth-order valence-corrected chi connectivity index (χ4v) is 4.07. The molecule has 0 saturated carbocycles. The van der Waals surface area contributed by atoms with E-state index >= 15 is 0 Å². The Morgan fingerprint density at radius 1 is 1.59 bits per heavy atom. The number of nitrogens with zero attached hydrogens (tertiary/aromatic N) is 2. The molecule has 0 aliphatic carbocycles. The first-order chi connectivity index (χ1) is 8.04. The third kappa shape index (κ3) is 2.52. The van der Waals surface area contributed by atoms with Crippen LogP contribution >= 0.6 is 0 Å². The molecule has 96 valence electrons. The summed E-state index contributed by atoms with van der Waals surface area (Å²) in [5.41, 5.74) is 0.972. The summed E-state index contributed by atoms with van der Waals surface area (Å²) < 4.78 is 25.8. The minimum absolute atomic E-state index is 0.0970. The number of H-pyrrole nitrogens is 1. The van der Waals surface area contributed by atoms with Gasteiger partial charge in [-0.2, -0.15) is 4.31 Å². The lowest BCUT2D eigenvalue weighted by atomic mass is 10.2. The molecule has 1 aromatic heterocycles. The van der Waals surface area contributed by atoms with Crippen LogP contribution in [0.4, 0.5) is 0 Å². The van der Waals surface area contributed by atoms with Crippen molar-refractivity contribution in [3.63, 3.8) is 0 Å². The summed E-state index contributed by atoms with van der Waals surface area (Å²) in [5, 5.41) is 0. The van der Waals surface area contributed by atoms with Crippen molar-refractivity contribution >= 4 is 10.0 Å². The number of sulfonamides is 1. The first-order valence-electron chi connectivity index (χ1n) is 6.05. The molecule has 5 nitrogen and oxygen atoms in total. The van der Waals surface area contributed by atoms with Gasteiger partial charge in [-0.15, -0.1) is 0 Å². The van der Waals surface area contributed by atoms with E-state index < -0.39 is 10.0 Å². The van der Waals surface area contributed by atoms with E-state index in [1.807, 2.05) is 13.8 Å². The second kappa shape index (κ2) is 4.78. The van der Waals surface area contributed by atoms with Gasteiger partial charge in [-0.1, -0.05) is 6.92 Å². The van der Waals surface area contributed by atoms with Crippen molar-refractivity contribution in [2.24, 2.45) is 0 Å². The molecule has 6 heteroatoms. The molecule has 1 aliphatic rings. The molecule has 0 radical (unpaired) electrons. The number of hydrogen-bond acceptors (Lipinski definition) is 3. The zero-order valence-electron chi connectivity index (χ0n) is 10.3. The van der Waals surface area contributed by atoms with Crippen LogP contribution in [0.15, 0.2) is 6.20 Å². The molecule has 0 bridgehead atoms. The van der Waals surface area contributed by atoms with E-state index in [1.54, 1.807) is 10.5 Å². The van der Waals surface area contributed by atoms with E-state index in [2.05, 4.69) is 9.97 Å². The fourth-order valence-electron chi connectivity index (χ4n) is 2.32. The number of aromatic nitrogens is 2. The Hall–Kier alpha value is -0.880. The normalized spacial score (nSPS) is 22.1. The number of aryl methyl sites for hydroxylation is 1. The van der Waals surface area contributed by atoms with Gasteiger partial charge in [0.15, 0.2) is 0 Å². The summed E-state index contributed by atoms with van der Waals surface area (Å²) in [6.45, 7) is 4.43. The quantitative estimate of drug-likeness (QED) is 0.891. The molecule has 0 unspecified atom stereocenters. The smallest absolute Gasteiger partial charge is 0.214 e. The van der Waals surface area contributed by atoms with Gasteiger partial charge in [0.2, 0.25) is 10.0 Å². The molecule has 17 heavy (non-hydrogen) atoms. The van der Waals surface area contributed by atoms with Gasteiger partial charge in [0, 0.05) is 18.4 Å². The average molecular weight is 257 g/mol. The number of rotatable bonds is 4. The molecule has 1 aromatic rings. The molecule has 0 amide bonds. The molecule has 0 spiro atoms. The fraction of sp³-hybridized carbons (Fsp3) is 0.727. The average Bonchev–Trinajstić information content (AvgIpc) is 2.84. The predicted octanol–water partition coefficient (Wildman–Crippen LogP) is 1.59. The highest BCUT2D eigenvalue weighted by Gasteiger charge is 2.35. The Bertz CT molecular complexity index is 481. The van der Waals surface area contributed by atoms with E-state index in [-0.39, 0.29) is 11.8 Å². The highest BCUT2D eigenvalue weighted by atomic mass is 32.2. The van der Waals surface area contributed by atoms with Crippen LogP contribution in [0.25, 0.3) is 0 Å². The second-order valence-corrected chi connectivity index (χ2v) is 6.58. The maximum atomic E-state index is 12.1. The minimum atomic E-state index is -3.12. The van der Waals surface area contributed by atoms with Crippen LogP contribution in [-0.2, 0) is 10.0 Å². The SMILES string of the molecule is CCCS(=O)(=O)N1CCC[C@H]1c1ncc(C)[nH]1. The first kappa shape index (κ1) is 12.6. The Balaban J connectivity index is 2.24. The lowest BCUT2D eigenvalue weighted by Gasteiger charge is -2.22. The molecule has 2 rings (SSSR count). The Kier molecular flexibility index (Phi) is 3.53. The minimum Gasteiger partial charge on any atom is -0.345 e. The van der Waals surface area contributed by atoms with Crippen LogP contribution in [0, 0.1) is 6.92 Å². The van der Waals surface area contributed by atoms with Crippen LogP contribution in [0.2, 0.25) is 0 Å². The molecular formula is C11H19N3O2S. The van der Waals surface area contributed by atoms with Crippen molar-refractivity contribution in [2.45, 2.75) is 39.2 Å². The molecule has 0 aromatic carbocycles. The molecule has 1 atom stereocenters. The van der Waals surface area contributed by atoms with Gasteiger partial charge >= 0.3 is 0 Å². The van der Waals surface area contributed by atoms with Gasteiger partial charge in [0.25, 0.3) is 0 Å². The Morgan fingerprint density at radius 2 is 2.35 bits per heavy atom. The van der Waals surface area contributed by atoms with Crippen LogP contribution in [0.1, 0.15) is 43.7 Å². The Labute approximate surface area is 102 Å². The van der Waals surface area contributed by atoms with Crippen molar-refractivity contribution < 1.29 is 8.42 Å². The molecule has 1 N–H and O–H groups in total. The lowest BCUT2D eigenvalue weighted by Crippen LogP contribution is -2.32. The Morgan fingerprint density at radius 3 is 2.94 bits per heavy atom. The summed E-state index contributed by atoms with van der Waals surface area (Å²) in [4.78, 5) is 7.40.